The van der Waals surface area contributed by atoms with Crippen LogP contribution < -0.4 is 5.32 Å². The van der Waals surface area contributed by atoms with E-state index in [0.717, 1.165) is 21.3 Å². The van der Waals surface area contributed by atoms with E-state index in [9.17, 15) is 0 Å². The second-order valence-electron chi connectivity index (χ2n) is 5.92. The molecule has 0 atom stereocenters. The molecule has 0 aliphatic rings. The van der Waals surface area contributed by atoms with Gasteiger partial charge in [-0.1, -0.05) is 70.9 Å². The normalized spacial score (nSPS) is 11.3. The molecule has 7 heteroatoms. The molecule has 0 saturated heterocycles. The Morgan fingerprint density at radius 3 is 2.59 bits per heavy atom. The lowest BCUT2D eigenvalue weighted by molar-refractivity contribution is 0.623. The summed E-state index contributed by atoms with van der Waals surface area (Å²) in [5.41, 5.74) is 4.37. The molecular weight excluding hydrogens is 401 g/mol. The minimum Gasteiger partial charge on any atom is -0.423 e. The lowest BCUT2D eigenvalue weighted by Crippen LogP contribution is -1.88. The van der Waals surface area contributed by atoms with Crippen LogP contribution in [0.25, 0.3) is 32.4 Å². The zero-order valence-electron chi connectivity index (χ0n) is 13.7. The third kappa shape index (κ3) is 3.04. The lowest BCUT2D eigenvalue weighted by atomic mass is 10.1. The van der Waals surface area contributed by atoms with Crippen molar-refractivity contribution >= 4 is 67.0 Å². The zero-order valence-corrected chi connectivity index (χ0v) is 16.1. The first-order valence-electron chi connectivity index (χ1n) is 8.15. The highest BCUT2D eigenvalue weighted by molar-refractivity contribution is 7.22. The first kappa shape index (κ1) is 16.6. The summed E-state index contributed by atoms with van der Waals surface area (Å²) in [7, 11) is 0. The maximum absolute atomic E-state index is 6.23. The zero-order chi connectivity index (χ0) is 18.4. The maximum atomic E-state index is 6.23. The molecule has 0 saturated carbocycles. The van der Waals surface area contributed by atoms with Crippen LogP contribution in [0.3, 0.4) is 0 Å². The smallest absolute Gasteiger partial charge is 0.302 e. The molecule has 0 fully saturated rings. The Labute approximate surface area is 168 Å². The van der Waals surface area contributed by atoms with Gasteiger partial charge in [0, 0.05) is 0 Å². The number of thiazole rings is 1. The molecule has 132 valence electrons. The Balaban J connectivity index is 1.49. The van der Waals surface area contributed by atoms with Crippen LogP contribution in [-0.2, 0) is 0 Å². The molecule has 0 amide bonds. The number of fused-ring (bicyclic) bond motifs is 2. The SMILES string of the molecule is Clc1ccc2sc(Nc3nc4cc(-c5ccccc5)ccc4o3)nc2c1Cl. The number of hydrogen-bond donors (Lipinski definition) is 1. The van der Waals surface area contributed by atoms with Crippen LogP contribution in [0.1, 0.15) is 0 Å². The van der Waals surface area contributed by atoms with Gasteiger partial charge in [-0.25, -0.2) is 4.98 Å². The average molecular weight is 412 g/mol. The fourth-order valence-corrected chi connectivity index (χ4v) is 4.15. The van der Waals surface area contributed by atoms with E-state index in [4.69, 9.17) is 27.6 Å². The van der Waals surface area contributed by atoms with Crippen LogP contribution in [-0.4, -0.2) is 9.97 Å². The second kappa shape index (κ2) is 6.53. The van der Waals surface area contributed by atoms with Gasteiger partial charge in [0.25, 0.3) is 0 Å². The van der Waals surface area contributed by atoms with Crippen LogP contribution >= 0.6 is 34.5 Å². The predicted octanol–water partition coefficient (Wildman–Crippen LogP) is 7.15. The first-order chi connectivity index (χ1) is 13.2. The molecular formula is C20H11Cl2N3OS. The van der Waals surface area contributed by atoms with Crippen LogP contribution in [0, 0.1) is 0 Å². The van der Waals surface area contributed by atoms with E-state index in [-0.39, 0.29) is 0 Å². The van der Waals surface area contributed by atoms with E-state index in [1.807, 2.05) is 42.5 Å². The summed E-state index contributed by atoms with van der Waals surface area (Å²) in [5, 5.41) is 4.69. The van der Waals surface area contributed by atoms with Crippen LogP contribution in [0.4, 0.5) is 11.1 Å². The number of nitrogens with one attached hydrogen (secondary N) is 1. The van der Waals surface area contributed by atoms with Gasteiger partial charge in [0.2, 0.25) is 0 Å². The molecule has 4 nitrogen and oxygen atoms in total. The minimum atomic E-state index is 0.386. The molecule has 0 spiro atoms. The first-order valence-corrected chi connectivity index (χ1v) is 9.72. The third-order valence-electron chi connectivity index (χ3n) is 4.16. The molecule has 5 rings (SSSR count). The van der Waals surface area contributed by atoms with Crippen molar-refractivity contribution in [1.82, 2.24) is 9.97 Å². The molecule has 0 aliphatic carbocycles. The van der Waals surface area contributed by atoms with Crippen molar-refractivity contribution in [3.05, 3.63) is 70.7 Å². The number of aromatic nitrogens is 2. The van der Waals surface area contributed by atoms with Gasteiger partial charge in [-0.05, 0) is 35.4 Å². The predicted molar refractivity (Wildman–Crippen MR) is 112 cm³/mol. The Kier molecular flexibility index (Phi) is 4.01. The number of nitrogens with zero attached hydrogens (tertiary/aromatic N) is 2. The molecule has 0 bridgehead atoms. The number of oxazole rings is 1. The molecule has 3 aromatic carbocycles. The monoisotopic (exact) mass is 411 g/mol. The van der Waals surface area contributed by atoms with Crippen LogP contribution in [0.2, 0.25) is 10.0 Å². The van der Waals surface area contributed by atoms with Gasteiger partial charge in [-0.15, -0.1) is 0 Å². The van der Waals surface area contributed by atoms with Crippen LogP contribution in [0.5, 0.6) is 0 Å². The summed E-state index contributed by atoms with van der Waals surface area (Å²) in [5.74, 6) is 0. The van der Waals surface area contributed by atoms with E-state index in [0.29, 0.717) is 32.3 Å². The van der Waals surface area contributed by atoms with Crippen molar-refractivity contribution in [2.24, 2.45) is 0 Å². The van der Waals surface area contributed by atoms with Gasteiger partial charge in [0.1, 0.15) is 11.0 Å². The largest absolute Gasteiger partial charge is 0.423 e. The summed E-state index contributed by atoms with van der Waals surface area (Å²) in [6.07, 6.45) is 0. The number of anilines is 2. The molecule has 0 radical (unpaired) electrons. The van der Waals surface area contributed by atoms with Crippen molar-refractivity contribution in [2.75, 3.05) is 5.32 Å². The number of halogens is 2. The van der Waals surface area contributed by atoms with Crippen molar-refractivity contribution in [2.45, 2.75) is 0 Å². The quantitative estimate of drug-likeness (QED) is 0.342. The number of rotatable bonds is 3. The topological polar surface area (TPSA) is 51.0 Å². The Bertz CT molecular complexity index is 1280. The molecule has 27 heavy (non-hydrogen) atoms. The van der Waals surface area contributed by atoms with E-state index in [1.165, 1.54) is 11.3 Å². The van der Waals surface area contributed by atoms with Gasteiger partial charge in [-0.2, -0.15) is 4.98 Å². The van der Waals surface area contributed by atoms with Gasteiger partial charge < -0.3 is 4.42 Å². The summed E-state index contributed by atoms with van der Waals surface area (Å²) >= 11 is 13.7. The lowest BCUT2D eigenvalue weighted by Gasteiger charge is -1.99. The Morgan fingerprint density at radius 1 is 0.889 bits per heavy atom. The van der Waals surface area contributed by atoms with Gasteiger partial charge >= 0.3 is 6.01 Å². The van der Waals surface area contributed by atoms with Crippen molar-refractivity contribution < 1.29 is 4.42 Å². The molecule has 0 aliphatic heterocycles. The molecule has 0 unspecified atom stereocenters. The Morgan fingerprint density at radius 2 is 1.74 bits per heavy atom. The third-order valence-corrected chi connectivity index (χ3v) is 5.89. The average Bonchev–Trinajstić information content (AvgIpc) is 3.28. The van der Waals surface area contributed by atoms with E-state index >= 15 is 0 Å². The number of hydrogen-bond acceptors (Lipinski definition) is 5. The van der Waals surface area contributed by atoms with Gasteiger partial charge in [-0.3, -0.25) is 5.32 Å². The number of benzene rings is 3. The summed E-state index contributed by atoms with van der Waals surface area (Å²) < 4.78 is 6.74. The van der Waals surface area contributed by atoms with Gasteiger partial charge in [0.15, 0.2) is 10.7 Å². The maximum Gasteiger partial charge on any atom is 0.302 e. The van der Waals surface area contributed by atoms with Crippen molar-refractivity contribution in [3.8, 4) is 11.1 Å². The van der Waals surface area contributed by atoms with E-state index in [1.54, 1.807) is 6.07 Å². The highest BCUT2D eigenvalue weighted by Gasteiger charge is 2.13. The Hall–Kier alpha value is -2.60. The van der Waals surface area contributed by atoms with E-state index in [2.05, 4.69) is 27.4 Å². The highest BCUT2D eigenvalue weighted by Crippen LogP contribution is 2.36. The van der Waals surface area contributed by atoms with Crippen LogP contribution in [0.15, 0.2) is 65.1 Å². The molecule has 5 aromatic rings. The minimum absolute atomic E-state index is 0.386. The summed E-state index contributed by atoms with van der Waals surface area (Å²) in [6.45, 7) is 0. The van der Waals surface area contributed by atoms with Crippen molar-refractivity contribution in [3.63, 3.8) is 0 Å². The van der Waals surface area contributed by atoms with E-state index < -0.39 is 0 Å². The highest BCUT2D eigenvalue weighted by atomic mass is 35.5. The fourth-order valence-electron chi connectivity index (χ4n) is 2.87. The van der Waals surface area contributed by atoms with Crippen molar-refractivity contribution in [1.29, 1.82) is 0 Å². The summed E-state index contributed by atoms with van der Waals surface area (Å²) in [4.78, 5) is 9.03. The second-order valence-corrected chi connectivity index (χ2v) is 7.74. The molecule has 2 aromatic heterocycles. The summed E-state index contributed by atoms with van der Waals surface area (Å²) in [6, 6.07) is 20.1. The molecule has 2 heterocycles. The fraction of sp³-hybridized carbons (Fsp3) is 0. The van der Waals surface area contributed by atoms with Gasteiger partial charge in [0.05, 0.1) is 14.7 Å². The standard InChI is InChI=1S/C20H11Cl2N3OS/c21-13-7-9-16-18(17(13)22)24-20(27-16)25-19-23-14-10-12(6-8-15(14)26-19)11-4-2-1-3-5-11/h1-10H,(H,23,24,25). The molecule has 1 N–H and O–H groups in total.